The second-order valence-corrected chi connectivity index (χ2v) is 6.48. The Labute approximate surface area is 138 Å². The lowest BCUT2D eigenvalue weighted by atomic mass is 10.2. The van der Waals surface area contributed by atoms with Gasteiger partial charge in [0.05, 0.1) is 24.1 Å². The molecule has 1 aliphatic rings. The van der Waals surface area contributed by atoms with E-state index in [2.05, 4.69) is 48.9 Å². The number of aromatic nitrogens is 4. The molecule has 0 amide bonds. The summed E-state index contributed by atoms with van der Waals surface area (Å²) in [4.78, 5) is 0. The first-order chi connectivity index (χ1) is 10.1. The van der Waals surface area contributed by atoms with Gasteiger partial charge in [-0.3, -0.25) is 4.68 Å². The molecule has 5 nitrogen and oxygen atoms in total. The van der Waals surface area contributed by atoms with Crippen LogP contribution < -0.4 is 5.32 Å². The topological polar surface area (TPSA) is 47.7 Å². The Kier molecular flexibility index (Phi) is 5.16. The number of halogens is 1. The van der Waals surface area contributed by atoms with Crippen LogP contribution in [-0.4, -0.2) is 19.6 Å². The minimum atomic E-state index is 0. The molecule has 1 N–H and O–H groups in total. The molecule has 1 saturated carbocycles. The molecule has 1 aliphatic carbocycles. The van der Waals surface area contributed by atoms with Gasteiger partial charge in [-0.25, -0.2) is 4.68 Å². The van der Waals surface area contributed by atoms with Gasteiger partial charge in [0, 0.05) is 24.1 Å². The third kappa shape index (κ3) is 3.46. The van der Waals surface area contributed by atoms with Crippen LogP contribution >= 0.6 is 12.4 Å². The van der Waals surface area contributed by atoms with Crippen molar-refractivity contribution in [2.75, 3.05) is 5.32 Å². The Morgan fingerprint density at radius 3 is 2.45 bits per heavy atom. The van der Waals surface area contributed by atoms with Gasteiger partial charge < -0.3 is 5.32 Å². The van der Waals surface area contributed by atoms with E-state index in [9.17, 15) is 0 Å². The van der Waals surface area contributed by atoms with Gasteiger partial charge in [-0.2, -0.15) is 10.2 Å². The molecular formula is C16H26ClN5. The Hall–Kier alpha value is -1.49. The third-order valence-electron chi connectivity index (χ3n) is 3.93. The van der Waals surface area contributed by atoms with Crippen LogP contribution in [0.5, 0.6) is 0 Å². The van der Waals surface area contributed by atoms with Crippen molar-refractivity contribution in [3.8, 4) is 0 Å². The van der Waals surface area contributed by atoms with Crippen molar-refractivity contribution in [2.45, 2.75) is 65.1 Å². The molecule has 0 atom stereocenters. The lowest BCUT2D eigenvalue weighted by Gasteiger charge is -2.14. The van der Waals surface area contributed by atoms with E-state index in [0.29, 0.717) is 18.0 Å². The van der Waals surface area contributed by atoms with Crippen LogP contribution in [0.4, 0.5) is 5.82 Å². The monoisotopic (exact) mass is 323 g/mol. The molecule has 122 valence electrons. The highest BCUT2D eigenvalue weighted by molar-refractivity contribution is 5.85. The summed E-state index contributed by atoms with van der Waals surface area (Å²) in [5, 5.41) is 12.6. The maximum atomic E-state index is 4.78. The number of anilines is 1. The first-order valence-electron chi connectivity index (χ1n) is 7.92. The first-order valence-corrected chi connectivity index (χ1v) is 7.92. The molecule has 3 rings (SSSR count). The van der Waals surface area contributed by atoms with Crippen molar-refractivity contribution >= 4 is 18.2 Å². The van der Waals surface area contributed by atoms with Crippen molar-refractivity contribution in [2.24, 2.45) is 0 Å². The van der Waals surface area contributed by atoms with Crippen LogP contribution in [0.15, 0.2) is 18.3 Å². The minimum absolute atomic E-state index is 0. The second kappa shape index (κ2) is 6.73. The molecule has 2 aromatic rings. The lowest BCUT2D eigenvalue weighted by molar-refractivity contribution is 0.505. The molecule has 0 aromatic carbocycles. The molecule has 6 heteroatoms. The Balaban J connectivity index is 0.00000176. The number of rotatable bonds is 6. The van der Waals surface area contributed by atoms with Gasteiger partial charge in [0.1, 0.15) is 5.82 Å². The maximum absolute atomic E-state index is 4.78. The fraction of sp³-hybridized carbons (Fsp3) is 0.625. The number of hydrogen-bond acceptors (Lipinski definition) is 3. The van der Waals surface area contributed by atoms with E-state index in [0.717, 1.165) is 12.4 Å². The maximum Gasteiger partial charge on any atom is 0.124 e. The summed E-state index contributed by atoms with van der Waals surface area (Å²) in [5.74, 6) is 1.76. The van der Waals surface area contributed by atoms with Crippen molar-refractivity contribution in [1.29, 1.82) is 0 Å². The van der Waals surface area contributed by atoms with Gasteiger partial charge >= 0.3 is 0 Å². The van der Waals surface area contributed by atoms with Gasteiger partial charge in [-0.15, -0.1) is 12.4 Å². The number of hydrogen-bond donors (Lipinski definition) is 1. The van der Waals surface area contributed by atoms with E-state index in [-0.39, 0.29) is 12.4 Å². The highest BCUT2D eigenvalue weighted by Crippen LogP contribution is 2.39. The standard InChI is InChI=1S/C16H25N5.ClH/c1-11(2)20-14(9-15(19-20)13-5-6-13)10-17-16-7-8-18-21(16)12(3)4;/h7-9,11-13,17H,5-6,10H2,1-4H3;1H. The zero-order valence-electron chi connectivity index (χ0n) is 13.8. The van der Waals surface area contributed by atoms with Crippen LogP contribution in [0, 0.1) is 0 Å². The number of nitrogens with one attached hydrogen (secondary N) is 1. The number of nitrogens with zero attached hydrogens (tertiary/aromatic N) is 4. The average molecular weight is 324 g/mol. The van der Waals surface area contributed by atoms with E-state index in [1.807, 2.05) is 16.9 Å². The molecule has 2 heterocycles. The zero-order valence-corrected chi connectivity index (χ0v) is 14.6. The smallest absolute Gasteiger partial charge is 0.124 e. The second-order valence-electron chi connectivity index (χ2n) is 6.48. The van der Waals surface area contributed by atoms with Crippen LogP contribution in [-0.2, 0) is 6.54 Å². The van der Waals surface area contributed by atoms with E-state index >= 15 is 0 Å². The van der Waals surface area contributed by atoms with Gasteiger partial charge in [0.25, 0.3) is 0 Å². The lowest BCUT2D eigenvalue weighted by Crippen LogP contribution is -2.14. The quantitative estimate of drug-likeness (QED) is 0.868. The summed E-state index contributed by atoms with van der Waals surface area (Å²) in [6.45, 7) is 9.44. The molecule has 0 spiro atoms. The van der Waals surface area contributed by atoms with Gasteiger partial charge in [0.2, 0.25) is 0 Å². The highest BCUT2D eigenvalue weighted by atomic mass is 35.5. The third-order valence-corrected chi connectivity index (χ3v) is 3.93. The fourth-order valence-corrected chi connectivity index (χ4v) is 2.66. The first kappa shape index (κ1) is 16.9. The Morgan fingerprint density at radius 2 is 1.86 bits per heavy atom. The highest BCUT2D eigenvalue weighted by Gasteiger charge is 2.27. The molecule has 22 heavy (non-hydrogen) atoms. The van der Waals surface area contributed by atoms with E-state index in [1.165, 1.54) is 24.2 Å². The van der Waals surface area contributed by atoms with E-state index in [4.69, 9.17) is 5.10 Å². The largest absolute Gasteiger partial charge is 0.365 e. The van der Waals surface area contributed by atoms with Gasteiger partial charge in [0.15, 0.2) is 0 Å². The Morgan fingerprint density at radius 1 is 1.18 bits per heavy atom. The van der Waals surface area contributed by atoms with Crippen LogP contribution in [0.3, 0.4) is 0 Å². The summed E-state index contributed by atoms with van der Waals surface area (Å²) in [7, 11) is 0. The van der Waals surface area contributed by atoms with Gasteiger partial charge in [-0.1, -0.05) is 0 Å². The molecule has 2 aromatic heterocycles. The molecule has 0 unspecified atom stereocenters. The van der Waals surface area contributed by atoms with Crippen LogP contribution in [0.1, 0.15) is 69.9 Å². The zero-order chi connectivity index (χ0) is 15.0. The molecular weight excluding hydrogens is 298 g/mol. The fourth-order valence-electron chi connectivity index (χ4n) is 2.66. The summed E-state index contributed by atoms with van der Waals surface area (Å²) in [6, 6.07) is 5.04. The normalized spacial score (nSPS) is 14.5. The molecule has 0 aliphatic heterocycles. The predicted molar refractivity (Wildman–Crippen MR) is 91.8 cm³/mol. The van der Waals surface area contributed by atoms with E-state index in [1.54, 1.807) is 0 Å². The molecule has 0 saturated heterocycles. The summed E-state index contributed by atoms with van der Waals surface area (Å²) in [6.07, 6.45) is 4.43. The summed E-state index contributed by atoms with van der Waals surface area (Å²) >= 11 is 0. The average Bonchev–Trinajstić information content (AvgIpc) is 3.02. The van der Waals surface area contributed by atoms with Crippen LogP contribution in [0.2, 0.25) is 0 Å². The van der Waals surface area contributed by atoms with Crippen LogP contribution in [0.25, 0.3) is 0 Å². The van der Waals surface area contributed by atoms with Gasteiger partial charge in [-0.05, 0) is 46.6 Å². The van der Waals surface area contributed by atoms with Crippen molar-refractivity contribution in [1.82, 2.24) is 19.6 Å². The van der Waals surface area contributed by atoms with Crippen molar-refractivity contribution < 1.29 is 0 Å². The summed E-state index contributed by atoms with van der Waals surface area (Å²) < 4.78 is 4.16. The SMILES string of the molecule is CC(C)n1nc(C2CC2)cc1CNc1ccnn1C(C)C.Cl. The Bertz CT molecular complexity index is 610. The van der Waals surface area contributed by atoms with Crippen molar-refractivity contribution in [3.63, 3.8) is 0 Å². The minimum Gasteiger partial charge on any atom is -0.365 e. The molecule has 0 bridgehead atoms. The van der Waals surface area contributed by atoms with Crippen molar-refractivity contribution in [3.05, 3.63) is 29.7 Å². The predicted octanol–water partition coefficient (Wildman–Crippen LogP) is 4.15. The summed E-state index contributed by atoms with van der Waals surface area (Å²) in [5.41, 5.74) is 2.52. The van der Waals surface area contributed by atoms with E-state index < -0.39 is 0 Å². The molecule has 1 fully saturated rings. The molecule has 0 radical (unpaired) electrons.